The Hall–Kier alpha value is -2.65. The molecule has 4 heteroatoms. The van der Waals surface area contributed by atoms with Gasteiger partial charge >= 0.3 is 5.97 Å². The number of hydrogen-bond acceptors (Lipinski definition) is 3. The number of rotatable bonds is 4. The first-order valence-electron chi connectivity index (χ1n) is 7.68. The van der Waals surface area contributed by atoms with Gasteiger partial charge < -0.3 is 4.74 Å². The van der Waals surface area contributed by atoms with E-state index < -0.39 is 5.97 Å². The molecule has 0 saturated heterocycles. The van der Waals surface area contributed by atoms with E-state index in [1.165, 1.54) is 0 Å². The summed E-state index contributed by atoms with van der Waals surface area (Å²) in [6.45, 7) is 2.09. The van der Waals surface area contributed by atoms with Crippen LogP contribution in [-0.2, 0) is 4.74 Å². The SMILES string of the molecule is CCOC(=O)c1cc(-c2ccccc2)cc(-c2ccc(Cl)cc2)n1. The number of carbonyl (C=O) groups excluding carboxylic acids is 1. The van der Waals surface area contributed by atoms with Gasteiger partial charge in [-0.05, 0) is 42.3 Å². The number of carbonyl (C=O) groups is 1. The fourth-order valence-electron chi connectivity index (χ4n) is 2.41. The van der Waals surface area contributed by atoms with Crippen LogP contribution in [0.15, 0.2) is 66.7 Å². The lowest BCUT2D eigenvalue weighted by atomic mass is 10.0. The van der Waals surface area contributed by atoms with Crippen LogP contribution in [0.5, 0.6) is 0 Å². The van der Waals surface area contributed by atoms with Crippen molar-refractivity contribution in [1.29, 1.82) is 0 Å². The zero-order valence-corrected chi connectivity index (χ0v) is 14.0. The van der Waals surface area contributed by atoms with Crippen molar-refractivity contribution in [3.05, 3.63) is 77.4 Å². The van der Waals surface area contributed by atoms with Crippen LogP contribution >= 0.6 is 11.6 Å². The van der Waals surface area contributed by atoms with Gasteiger partial charge in [0.15, 0.2) is 0 Å². The lowest BCUT2D eigenvalue weighted by Crippen LogP contribution is -2.08. The second-order valence-corrected chi connectivity index (χ2v) is 5.66. The third-order valence-electron chi connectivity index (χ3n) is 3.56. The summed E-state index contributed by atoms with van der Waals surface area (Å²) in [6.07, 6.45) is 0. The predicted molar refractivity (Wildman–Crippen MR) is 96.1 cm³/mol. The first kappa shape index (κ1) is 16.2. The average Bonchev–Trinajstić information content (AvgIpc) is 2.63. The minimum Gasteiger partial charge on any atom is -0.461 e. The molecule has 120 valence electrons. The number of aromatic nitrogens is 1. The molecule has 0 aliphatic heterocycles. The summed E-state index contributed by atoms with van der Waals surface area (Å²) in [5.74, 6) is -0.425. The van der Waals surface area contributed by atoms with Gasteiger partial charge in [0.1, 0.15) is 5.69 Å². The largest absolute Gasteiger partial charge is 0.461 e. The van der Waals surface area contributed by atoms with Gasteiger partial charge in [-0.1, -0.05) is 54.1 Å². The van der Waals surface area contributed by atoms with Crippen LogP contribution in [-0.4, -0.2) is 17.6 Å². The van der Waals surface area contributed by atoms with Crippen molar-refractivity contribution in [3.8, 4) is 22.4 Å². The summed E-state index contributed by atoms with van der Waals surface area (Å²) in [6, 6.07) is 21.0. The third-order valence-corrected chi connectivity index (χ3v) is 3.81. The monoisotopic (exact) mass is 337 g/mol. The van der Waals surface area contributed by atoms with E-state index in [4.69, 9.17) is 16.3 Å². The van der Waals surface area contributed by atoms with Gasteiger partial charge in [0.05, 0.1) is 12.3 Å². The van der Waals surface area contributed by atoms with Gasteiger partial charge in [-0.15, -0.1) is 0 Å². The van der Waals surface area contributed by atoms with Crippen LogP contribution < -0.4 is 0 Å². The highest BCUT2D eigenvalue weighted by Crippen LogP contribution is 2.27. The molecule has 1 heterocycles. The van der Waals surface area contributed by atoms with Crippen molar-refractivity contribution in [2.75, 3.05) is 6.61 Å². The van der Waals surface area contributed by atoms with Crippen molar-refractivity contribution in [3.63, 3.8) is 0 Å². The van der Waals surface area contributed by atoms with Crippen molar-refractivity contribution in [2.45, 2.75) is 6.92 Å². The molecule has 0 bridgehead atoms. The average molecular weight is 338 g/mol. The first-order valence-corrected chi connectivity index (χ1v) is 8.05. The first-order chi connectivity index (χ1) is 11.7. The molecule has 0 aliphatic carbocycles. The Morgan fingerprint density at radius 2 is 1.67 bits per heavy atom. The van der Waals surface area contributed by atoms with E-state index in [2.05, 4.69) is 4.98 Å². The number of esters is 1. The Morgan fingerprint density at radius 1 is 0.958 bits per heavy atom. The summed E-state index contributed by atoms with van der Waals surface area (Å²) in [7, 11) is 0. The Balaban J connectivity index is 2.12. The smallest absolute Gasteiger partial charge is 0.356 e. The zero-order valence-electron chi connectivity index (χ0n) is 13.2. The van der Waals surface area contributed by atoms with Gasteiger partial charge in [0, 0.05) is 10.6 Å². The fraction of sp³-hybridized carbons (Fsp3) is 0.100. The van der Waals surface area contributed by atoms with E-state index in [1.807, 2.05) is 48.5 Å². The second kappa shape index (κ2) is 7.28. The number of hydrogen-bond donors (Lipinski definition) is 0. The molecule has 3 rings (SSSR count). The lowest BCUT2D eigenvalue weighted by Gasteiger charge is -2.09. The van der Waals surface area contributed by atoms with Crippen LogP contribution in [0.1, 0.15) is 17.4 Å². The predicted octanol–water partition coefficient (Wildman–Crippen LogP) is 5.25. The molecule has 0 unspecified atom stereocenters. The van der Waals surface area contributed by atoms with Crippen LogP contribution in [0.3, 0.4) is 0 Å². The summed E-state index contributed by atoms with van der Waals surface area (Å²) >= 11 is 5.95. The van der Waals surface area contributed by atoms with Crippen LogP contribution in [0.4, 0.5) is 0 Å². The minimum atomic E-state index is -0.425. The number of pyridine rings is 1. The summed E-state index contributed by atoms with van der Waals surface area (Å²) in [4.78, 5) is 16.6. The van der Waals surface area contributed by atoms with Crippen molar-refractivity contribution < 1.29 is 9.53 Å². The van der Waals surface area contributed by atoms with Crippen LogP contribution in [0, 0.1) is 0 Å². The normalized spacial score (nSPS) is 10.4. The molecule has 3 aromatic rings. The van der Waals surface area contributed by atoms with Gasteiger partial charge in [0.25, 0.3) is 0 Å². The van der Waals surface area contributed by atoms with Crippen molar-refractivity contribution >= 4 is 17.6 Å². The molecule has 0 saturated carbocycles. The van der Waals surface area contributed by atoms with Crippen molar-refractivity contribution in [2.24, 2.45) is 0 Å². The molecule has 0 N–H and O–H groups in total. The molecule has 1 aromatic heterocycles. The maximum absolute atomic E-state index is 12.2. The van der Waals surface area contributed by atoms with Gasteiger partial charge in [-0.2, -0.15) is 0 Å². The highest BCUT2D eigenvalue weighted by molar-refractivity contribution is 6.30. The van der Waals surface area contributed by atoms with E-state index in [0.717, 1.165) is 16.7 Å². The molecule has 0 atom stereocenters. The van der Waals surface area contributed by atoms with Crippen LogP contribution in [0.25, 0.3) is 22.4 Å². The Labute approximate surface area is 145 Å². The van der Waals surface area contributed by atoms with E-state index in [1.54, 1.807) is 25.1 Å². The van der Waals surface area contributed by atoms with E-state index in [-0.39, 0.29) is 0 Å². The Bertz CT molecular complexity index is 845. The lowest BCUT2D eigenvalue weighted by molar-refractivity contribution is 0.0519. The molecule has 0 aliphatic rings. The number of ether oxygens (including phenoxy) is 1. The molecule has 0 fully saturated rings. The second-order valence-electron chi connectivity index (χ2n) is 5.22. The highest BCUT2D eigenvalue weighted by atomic mass is 35.5. The molecule has 0 amide bonds. The molecular weight excluding hydrogens is 322 g/mol. The van der Waals surface area contributed by atoms with E-state index in [9.17, 15) is 4.79 Å². The summed E-state index contributed by atoms with van der Waals surface area (Å²) < 4.78 is 5.11. The van der Waals surface area contributed by atoms with Gasteiger partial charge in [-0.25, -0.2) is 9.78 Å². The quantitative estimate of drug-likeness (QED) is 0.611. The van der Waals surface area contributed by atoms with E-state index in [0.29, 0.717) is 23.0 Å². The maximum atomic E-state index is 12.2. The third kappa shape index (κ3) is 3.63. The van der Waals surface area contributed by atoms with Gasteiger partial charge in [-0.3, -0.25) is 0 Å². The molecule has 2 aromatic carbocycles. The van der Waals surface area contributed by atoms with E-state index >= 15 is 0 Å². The number of nitrogens with zero attached hydrogens (tertiary/aromatic N) is 1. The summed E-state index contributed by atoms with van der Waals surface area (Å²) in [5, 5.41) is 0.656. The maximum Gasteiger partial charge on any atom is 0.356 e. The summed E-state index contributed by atoms with van der Waals surface area (Å²) in [5.41, 5.74) is 3.82. The highest BCUT2D eigenvalue weighted by Gasteiger charge is 2.13. The fourth-order valence-corrected chi connectivity index (χ4v) is 2.53. The molecule has 24 heavy (non-hydrogen) atoms. The Kier molecular flexibility index (Phi) is 4.92. The minimum absolute atomic E-state index is 0.295. The topological polar surface area (TPSA) is 39.2 Å². The van der Waals surface area contributed by atoms with Crippen molar-refractivity contribution in [1.82, 2.24) is 4.98 Å². The number of halogens is 1. The molecule has 3 nitrogen and oxygen atoms in total. The standard InChI is InChI=1S/C20H16ClNO2/c1-2-24-20(23)19-13-16(14-6-4-3-5-7-14)12-18(22-19)15-8-10-17(21)11-9-15/h3-13H,2H2,1H3. The molecule has 0 radical (unpaired) electrons. The van der Waals surface area contributed by atoms with Gasteiger partial charge in [0.2, 0.25) is 0 Å². The zero-order chi connectivity index (χ0) is 16.9. The number of benzene rings is 2. The van der Waals surface area contributed by atoms with Crippen LogP contribution in [0.2, 0.25) is 5.02 Å². The molecule has 0 spiro atoms. The Morgan fingerprint density at radius 3 is 2.33 bits per heavy atom. The molecular formula is C20H16ClNO2.